The molecule has 1 N–H and O–H groups in total. The fourth-order valence-electron chi connectivity index (χ4n) is 3.32. The van der Waals surface area contributed by atoms with E-state index in [1.165, 1.54) is 0 Å². The van der Waals surface area contributed by atoms with Gasteiger partial charge in [0.05, 0.1) is 27.8 Å². The van der Waals surface area contributed by atoms with Gasteiger partial charge in [-0.1, -0.05) is 11.6 Å². The van der Waals surface area contributed by atoms with Crippen LogP contribution in [0.2, 0.25) is 5.02 Å². The minimum absolute atomic E-state index is 0.119. The Bertz CT molecular complexity index is 1090. The number of carbonyl (C=O) groups excluding carboxylic acids is 1. The number of amides is 1. The molecule has 1 amide bonds. The number of hydrogen-bond donors (Lipinski definition) is 1. The van der Waals surface area contributed by atoms with E-state index in [2.05, 4.69) is 15.3 Å². The van der Waals surface area contributed by atoms with Crippen LogP contribution in [-0.2, 0) is 26.1 Å². The summed E-state index contributed by atoms with van der Waals surface area (Å²) < 4.78 is 52.6. The van der Waals surface area contributed by atoms with Crippen molar-refractivity contribution in [1.29, 1.82) is 0 Å². The van der Waals surface area contributed by atoms with Gasteiger partial charge in [0.1, 0.15) is 17.5 Å². The first-order chi connectivity index (χ1) is 13.2. The van der Waals surface area contributed by atoms with Crippen molar-refractivity contribution in [2.75, 3.05) is 24.5 Å². The molecule has 1 saturated heterocycles. The van der Waals surface area contributed by atoms with E-state index in [1.807, 2.05) is 0 Å². The average Bonchev–Trinajstić information content (AvgIpc) is 2.78. The van der Waals surface area contributed by atoms with E-state index in [0.29, 0.717) is 31.0 Å². The molecule has 2 aromatic rings. The Labute approximate surface area is 164 Å². The van der Waals surface area contributed by atoms with E-state index in [1.54, 1.807) is 4.90 Å². The van der Waals surface area contributed by atoms with Crippen molar-refractivity contribution in [3.05, 3.63) is 40.0 Å². The van der Waals surface area contributed by atoms with Crippen LogP contribution in [0.4, 0.5) is 14.6 Å². The molecule has 0 spiro atoms. The number of halogens is 3. The third kappa shape index (κ3) is 3.53. The maximum absolute atomic E-state index is 14.4. The van der Waals surface area contributed by atoms with Crippen molar-refractivity contribution in [2.24, 2.45) is 0 Å². The summed E-state index contributed by atoms with van der Waals surface area (Å²) in [5.41, 5.74) is 0.491. The fourth-order valence-corrected chi connectivity index (χ4v) is 4.96. The van der Waals surface area contributed by atoms with Crippen molar-refractivity contribution >= 4 is 33.2 Å². The number of fused-ring (bicyclic) bond motifs is 1. The molecule has 0 radical (unpaired) electrons. The van der Waals surface area contributed by atoms with Gasteiger partial charge in [0, 0.05) is 31.6 Å². The molecule has 4 rings (SSSR count). The third-order valence-corrected chi connectivity index (χ3v) is 6.39. The molecular formula is C17H15ClF2N4O3S. The summed E-state index contributed by atoms with van der Waals surface area (Å²) in [5.74, 6) is -2.09. The van der Waals surface area contributed by atoms with E-state index in [-0.39, 0.29) is 45.9 Å². The Morgan fingerprint density at radius 2 is 1.89 bits per heavy atom. The highest BCUT2D eigenvalue weighted by atomic mass is 35.5. The lowest BCUT2D eigenvalue weighted by atomic mass is 10.1. The second kappa shape index (κ2) is 6.93. The summed E-state index contributed by atoms with van der Waals surface area (Å²) >= 11 is 5.61. The first-order valence-corrected chi connectivity index (χ1v) is 10.7. The molecule has 1 aromatic carbocycles. The number of rotatable bonds is 2. The number of benzene rings is 1. The molecule has 3 heterocycles. The lowest BCUT2D eigenvalue weighted by Gasteiger charge is -2.23. The lowest BCUT2D eigenvalue weighted by molar-refractivity contribution is -0.120. The molecule has 0 bridgehead atoms. The molecule has 1 aromatic heterocycles. The lowest BCUT2D eigenvalue weighted by Crippen LogP contribution is -2.30. The van der Waals surface area contributed by atoms with Gasteiger partial charge < -0.3 is 10.2 Å². The predicted octanol–water partition coefficient (Wildman–Crippen LogP) is 1.83. The van der Waals surface area contributed by atoms with Gasteiger partial charge in [0.2, 0.25) is 5.91 Å². The molecule has 2 aliphatic heterocycles. The standard InChI is InChI=1S/C17H15ClF2N4O3S/c18-11-6-12(19)9(5-13(11)20)16-22-14-8-28(26,27)7-10(14)17(23-16)24-3-1-15(25)21-2-4-24/h5-6H,1-4,7-8H2,(H,21,25). The van der Waals surface area contributed by atoms with Crippen molar-refractivity contribution in [2.45, 2.75) is 17.9 Å². The Balaban J connectivity index is 1.86. The summed E-state index contributed by atoms with van der Waals surface area (Å²) in [7, 11) is -3.41. The summed E-state index contributed by atoms with van der Waals surface area (Å²) in [6.07, 6.45) is 0.213. The van der Waals surface area contributed by atoms with Crippen molar-refractivity contribution in [1.82, 2.24) is 15.3 Å². The molecule has 148 valence electrons. The number of carbonyl (C=O) groups is 1. The molecule has 0 aliphatic carbocycles. The van der Waals surface area contributed by atoms with Crippen molar-refractivity contribution < 1.29 is 22.0 Å². The SMILES string of the molecule is O=C1CCN(c2nc(-c3cc(F)c(Cl)cc3F)nc3c2CS(=O)(=O)C3)CCN1. The largest absolute Gasteiger partial charge is 0.354 e. The van der Waals surface area contributed by atoms with Crippen LogP contribution in [0.3, 0.4) is 0 Å². The Hall–Kier alpha value is -2.33. The zero-order valence-corrected chi connectivity index (χ0v) is 16.1. The fraction of sp³-hybridized carbons (Fsp3) is 0.353. The van der Waals surface area contributed by atoms with Gasteiger partial charge in [-0.25, -0.2) is 27.2 Å². The highest BCUT2D eigenvalue weighted by molar-refractivity contribution is 7.90. The van der Waals surface area contributed by atoms with Crippen LogP contribution in [0.1, 0.15) is 17.7 Å². The van der Waals surface area contributed by atoms with Gasteiger partial charge in [-0.3, -0.25) is 4.79 Å². The maximum atomic E-state index is 14.4. The topological polar surface area (TPSA) is 92.3 Å². The molecule has 0 saturated carbocycles. The summed E-state index contributed by atoms with van der Waals surface area (Å²) in [6, 6.07) is 1.72. The quantitative estimate of drug-likeness (QED) is 0.734. The zero-order valence-electron chi connectivity index (χ0n) is 14.5. The van der Waals surface area contributed by atoms with E-state index in [9.17, 15) is 22.0 Å². The molecule has 28 heavy (non-hydrogen) atoms. The molecule has 11 heteroatoms. The van der Waals surface area contributed by atoms with Crippen LogP contribution in [0.5, 0.6) is 0 Å². The normalized spacial score (nSPS) is 18.5. The van der Waals surface area contributed by atoms with Crippen LogP contribution in [0, 0.1) is 11.6 Å². The highest BCUT2D eigenvalue weighted by Gasteiger charge is 2.33. The van der Waals surface area contributed by atoms with Crippen molar-refractivity contribution in [3.8, 4) is 11.4 Å². The minimum atomic E-state index is -3.41. The van der Waals surface area contributed by atoms with Crippen LogP contribution >= 0.6 is 11.6 Å². The van der Waals surface area contributed by atoms with Crippen LogP contribution in [-0.4, -0.2) is 43.9 Å². The van der Waals surface area contributed by atoms with Crippen LogP contribution in [0.25, 0.3) is 11.4 Å². The monoisotopic (exact) mass is 428 g/mol. The van der Waals surface area contributed by atoms with Gasteiger partial charge in [-0.2, -0.15) is 0 Å². The number of nitrogens with zero attached hydrogens (tertiary/aromatic N) is 3. The Morgan fingerprint density at radius 3 is 2.68 bits per heavy atom. The van der Waals surface area contributed by atoms with Gasteiger partial charge >= 0.3 is 0 Å². The summed E-state index contributed by atoms with van der Waals surface area (Å²) in [4.78, 5) is 22.0. The van der Waals surface area contributed by atoms with Gasteiger partial charge in [-0.15, -0.1) is 0 Å². The second-order valence-electron chi connectivity index (χ2n) is 6.66. The van der Waals surface area contributed by atoms with Crippen LogP contribution in [0.15, 0.2) is 12.1 Å². The van der Waals surface area contributed by atoms with Crippen LogP contribution < -0.4 is 10.2 Å². The zero-order chi connectivity index (χ0) is 20.1. The third-order valence-electron chi connectivity index (χ3n) is 4.65. The molecule has 1 fully saturated rings. The number of sulfone groups is 1. The number of aromatic nitrogens is 2. The van der Waals surface area contributed by atoms with E-state index in [4.69, 9.17) is 11.6 Å². The van der Waals surface area contributed by atoms with Gasteiger partial charge in [0.15, 0.2) is 15.7 Å². The number of anilines is 1. The molecule has 0 atom stereocenters. The molecular weight excluding hydrogens is 414 g/mol. The Kier molecular flexibility index (Phi) is 4.70. The number of nitrogens with one attached hydrogen (secondary N) is 1. The first-order valence-electron chi connectivity index (χ1n) is 8.50. The van der Waals surface area contributed by atoms with Gasteiger partial charge in [0.25, 0.3) is 0 Å². The second-order valence-corrected chi connectivity index (χ2v) is 9.13. The molecule has 7 nitrogen and oxygen atoms in total. The number of hydrogen-bond acceptors (Lipinski definition) is 6. The summed E-state index contributed by atoms with van der Waals surface area (Å²) in [5, 5.41) is 2.36. The first kappa shape index (κ1) is 19.0. The highest BCUT2D eigenvalue weighted by Crippen LogP contribution is 2.34. The minimum Gasteiger partial charge on any atom is -0.354 e. The summed E-state index contributed by atoms with van der Waals surface area (Å²) in [6.45, 7) is 1.10. The maximum Gasteiger partial charge on any atom is 0.221 e. The Morgan fingerprint density at radius 1 is 1.11 bits per heavy atom. The predicted molar refractivity (Wildman–Crippen MR) is 98.6 cm³/mol. The molecule has 0 unspecified atom stereocenters. The van der Waals surface area contributed by atoms with E-state index < -0.39 is 21.5 Å². The van der Waals surface area contributed by atoms with E-state index in [0.717, 1.165) is 12.1 Å². The van der Waals surface area contributed by atoms with E-state index >= 15 is 0 Å². The average molecular weight is 429 g/mol. The van der Waals surface area contributed by atoms with Gasteiger partial charge in [-0.05, 0) is 12.1 Å². The molecule has 2 aliphatic rings. The van der Waals surface area contributed by atoms with Crippen molar-refractivity contribution in [3.63, 3.8) is 0 Å². The smallest absolute Gasteiger partial charge is 0.221 e.